The molecule has 1 aliphatic carbocycles. The summed E-state index contributed by atoms with van der Waals surface area (Å²) in [4.78, 5) is 0. The lowest BCUT2D eigenvalue weighted by Crippen LogP contribution is -1.94. The van der Waals surface area contributed by atoms with Crippen LogP contribution in [0.15, 0.2) is 0 Å². The first-order valence-corrected chi connectivity index (χ1v) is 2.92. The van der Waals surface area contributed by atoms with Crippen LogP contribution in [0.1, 0.15) is 13.8 Å². The lowest BCUT2D eigenvalue weighted by Gasteiger charge is -1.89. The molecular formula is C6H10F2. The van der Waals surface area contributed by atoms with Crippen molar-refractivity contribution in [3.8, 4) is 0 Å². The van der Waals surface area contributed by atoms with Crippen LogP contribution >= 0.6 is 0 Å². The highest BCUT2D eigenvalue weighted by atomic mass is 19.3. The van der Waals surface area contributed by atoms with E-state index in [0.29, 0.717) is 0 Å². The molecule has 0 heterocycles. The molecule has 1 fully saturated rings. The van der Waals surface area contributed by atoms with E-state index in [2.05, 4.69) is 0 Å². The average Bonchev–Trinajstić information content (AvgIpc) is 2.15. The highest BCUT2D eigenvalue weighted by Gasteiger charge is 2.48. The van der Waals surface area contributed by atoms with Crippen molar-refractivity contribution in [1.29, 1.82) is 0 Å². The Labute approximate surface area is 47.9 Å². The second-order valence-electron chi connectivity index (χ2n) is 2.63. The molecule has 8 heavy (non-hydrogen) atoms. The normalized spacial score (nSPS) is 45.4. The first-order chi connectivity index (χ1) is 3.64. The minimum atomic E-state index is -2.08. The molecule has 2 atom stereocenters. The molecule has 0 aliphatic heterocycles. The number of rotatable bonds is 1. The Balaban J connectivity index is 2.33. The van der Waals surface area contributed by atoms with Gasteiger partial charge in [0.15, 0.2) is 0 Å². The Morgan fingerprint density at radius 3 is 1.50 bits per heavy atom. The van der Waals surface area contributed by atoms with Gasteiger partial charge in [-0.1, -0.05) is 13.8 Å². The fourth-order valence-corrected chi connectivity index (χ4v) is 1.16. The minimum absolute atomic E-state index is 0.259. The minimum Gasteiger partial charge on any atom is -0.210 e. The molecule has 1 saturated carbocycles. The van der Waals surface area contributed by atoms with Gasteiger partial charge in [0.05, 0.1) is 0 Å². The summed E-state index contributed by atoms with van der Waals surface area (Å²) in [5, 5.41) is 0. The summed E-state index contributed by atoms with van der Waals surface area (Å²) in [7, 11) is 0. The standard InChI is InChI=1S/C6H10F2/c1-3-4(2)5(3)6(7)8/h3-6H,1-2H3. The zero-order valence-electron chi connectivity index (χ0n) is 5.07. The Morgan fingerprint density at radius 1 is 1.12 bits per heavy atom. The van der Waals surface area contributed by atoms with Crippen LogP contribution in [0.3, 0.4) is 0 Å². The molecule has 1 aliphatic rings. The second-order valence-corrected chi connectivity index (χ2v) is 2.63. The lowest BCUT2D eigenvalue weighted by atomic mass is 10.3. The molecule has 0 radical (unpaired) electrons. The maximum Gasteiger partial charge on any atom is 0.241 e. The molecule has 0 aromatic carbocycles. The van der Waals surface area contributed by atoms with E-state index in [0.717, 1.165) is 0 Å². The Bertz CT molecular complexity index is 75.8. The van der Waals surface area contributed by atoms with Crippen molar-refractivity contribution in [3.63, 3.8) is 0 Å². The molecule has 0 aromatic rings. The molecule has 0 nitrogen and oxygen atoms in total. The number of hydrogen-bond acceptors (Lipinski definition) is 0. The van der Waals surface area contributed by atoms with Crippen LogP contribution in [-0.4, -0.2) is 6.43 Å². The van der Waals surface area contributed by atoms with Gasteiger partial charge in [0.25, 0.3) is 0 Å². The number of halogens is 2. The predicted molar refractivity (Wildman–Crippen MR) is 27.8 cm³/mol. The van der Waals surface area contributed by atoms with Gasteiger partial charge in [-0.15, -0.1) is 0 Å². The largest absolute Gasteiger partial charge is 0.241 e. The summed E-state index contributed by atoms with van der Waals surface area (Å²) in [5.41, 5.74) is 0. The number of alkyl halides is 2. The SMILES string of the molecule is CC1C(C)C1C(F)F. The van der Waals surface area contributed by atoms with Crippen molar-refractivity contribution in [2.45, 2.75) is 20.3 Å². The molecule has 0 amide bonds. The van der Waals surface area contributed by atoms with E-state index >= 15 is 0 Å². The fraction of sp³-hybridized carbons (Fsp3) is 1.00. The summed E-state index contributed by atoms with van der Waals surface area (Å²) in [5.74, 6) is 0.222. The third-order valence-corrected chi connectivity index (χ3v) is 2.19. The van der Waals surface area contributed by atoms with Crippen LogP contribution in [-0.2, 0) is 0 Å². The van der Waals surface area contributed by atoms with Gasteiger partial charge in [-0.25, -0.2) is 8.78 Å². The zero-order chi connectivity index (χ0) is 6.31. The first-order valence-electron chi connectivity index (χ1n) is 2.92. The first kappa shape index (κ1) is 5.99. The Morgan fingerprint density at radius 2 is 1.50 bits per heavy atom. The molecule has 0 saturated heterocycles. The molecule has 1 rings (SSSR count). The monoisotopic (exact) mass is 120 g/mol. The highest BCUT2D eigenvalue weighted by molar-refractivity contribution is 4.92. The quantitative estimate of drug-likeness (QED) is 0.497. The van der Waals surface area contributed by atoms with E-state index in [1.54, 1.807) is 0 Å². The van der Waals surface area contributed by atoms with Gasteiger partial charge in [0.2, 0.25) is 6.43 Å². The molecule has 0 spiro atoms. The van der Waals surface area contributed by atoms with Crippen molar-refractivity contribution in [2.75, 3.05) is 0 Å². The van der Waals surface area contributed by atoms with Crippen LogP contribution in [0.5, 0.6) is 0 Å². The summed E-state index contributed by atoms with van der Waals surface area (Å²) >= 11 is 0. The molecule has 0 aromatic heterocycles. The van der Waals surface area contributed by atoms with Crippen molar-refractivity contribution < 1.29 is 8.78 Å². The lowest BCUT2D eigenvalue weighted by molar-refractivity contribution is 0.113. The van der Waals surface area contributed by atoms with Crippen LogP contribution in [0.25, 0.3) is 0 Å². The molecule has 48 valence electrons. The van der Waals surface area contributed by atoms with E-state index in [-0.39, 0.29) is 17.8 Å². The Kier molecular flexibility index (Phi) is 1.25. The topological polar surface area (TPSA) is 0 Å². The highest BCUT2D eigenvalue weighted by Crippen LogP contribution is 2.48. The smallest absolute Gasteiger partial charge is 0.210 e. The van der Waals surface area contributed by atoms with Gasteiger partial charge in [0.1, 0.15) is 0 Å². The summed E-state index contributed by atoms with van der Waals surface area (Å²) < 4.78 is 23.4. The number of hydrogen-bond donors (Lipinski definition) is 0. The van der Waals surface area contributed by atoms with Gasteiger partial charge >= 0.3 is 0 Å². The van der Waals surface area contributed by atoms with E-state index < -0.39 is 6.43 Å². The van der Waals surface area contributed by atoms with Gasteiger partial charge in [0, 0.05) is 5.92 Å². The predicted octanol–water partition coefficient (Wildman–Crippen LogP) is 2.15. The molecule has 2 unspecified atom stereocenters. The van der Waals surface area contributed by atoms with E-state index in [1.165, 1.54) is 0 Å². The van der Waals surface area contributed by atoms with Crippen molar-refractivity contribution in [1.82, 2.24) is 0 Å². The Hall–Kier alpha value is -0.140. The van der Waals surface area contributed by atoms with Crippen molar-refractivity contribution >= 4 is 0 Å². The van der Waals surface area contributed by atoms with Gasteiger partial charge < -0.3 is 0 Å². The molecular weight excluding hydrogens is 110 g/mol. The van der Waals surface area contributed by atoms with Crippen LogP contribution in [0.2, 0.25) is 0 Å². The van der Waals surface area contributed by atoms with Crippen LogP contribution in [0, 0.1) is 17.8 Å². The van der Waals surface area contributed by atoms with E-state index in [4.69, 9.17) is 0 Å². The van der Waals surface area contributed by atoms with E-state index in [1.807, 2.05) is 13.8 Å². The fourth-order valence-electron chi connectivity index (χ4n) is 1.16. The summed E-state index contributed by atoms with van der Waals surface area (Å²) in [6.07, 6.45) is -2.08. The van der Waals surface area contributed by atoms with Gasteiger partial charge in [-0.05, 0) is 11.8 Å². The van der Waals surface area contributed by atoms with Crippen LogP contribution in [0.4, 0.5) is 8.78 Å². The third kappa shape index (κ3) is 0.721. The summed E-state index contributed by atoms with van der Waals surface area (Å²) in [6.45, 7) is 3.75. The maximum atomic E-state index is 11.7. The third-order valence-electron chi connectivity index (χ3n) is 2.19. The van der Waals surface area contributed by atoms with E-state index in [9.17, 15) is 8.78 Å². The average molecular weight is 120 g/mol. The molecule has 0 bridgehead atoms. The molecule has 2 heteroatoms. The van der Waals surface area contributed by atoms with Crippen molar-refractivity contribution in [2.24, 2.45) is 17.8 Å². The second kappa shape index (κ2) is 1.67. The summed E-state index contributed by atoms with van der Waals surface area (Å²) in [6, 6.07) is 0. The van der Waals surface area contributed by atoms with Gasteiger partial charge in [-0.2, -0.15) is 0 Å². The zero-order valence-corrected chi connectivity index (χ0v) is 5.07. The van der Waals surface area contributed by atoms with Crippen molar-refractivity contribution in [3.05, 3.63) is 0 Å². The van der Waals surface area contributed by atoms with Crippen LogP contribution < -0.4 is 0 Å². The van der Waals surface area contributed by atoms with Gasteiger partial charge in [-0.3, -0.25) is 0 Å². The molecule has 0 N–H and O–H groups in total. The maximum absolute atomic E-state index is 11.7.